The van der Waals surface area contributed by atoms with Gasteiger partial charge >= 0.3 is 0 Å². The minimum atomic E-state index is -3.43. The van der Waals surface area contributed by atoms with E-state index in [4.69, 9.17) is 0 Å². The normalized spacial score (nSPS) is 16.6. The van der Waals surface area contributed by atoms with Gasteiger partial charge in [-0.1, -0.05) is 0 Å². The molecule has 5 heteroatoms. The number of anilines is 1. The van der Waals surface area contributed by atoms with Crippen molar-refractivity contribution in [3.05, 3.63) is 24.3 Å². The zero-order chi connectivity index (χ0) is 13.4. The topological polar surface area (TPSA) is 58.2 Å². The van der Waals surface area contributed by atoms with Gasteiger partial charge in [-0.25, -0.2) is 13.1 Å². The van der Waals surface area contributed by atoms with Crippen molar-refractivity contribution < 1.29 is 8.42 Å². The van der Waals surface area contributed by atoms with Crippen LogP contribution in [0, 0.1) is 5.92 Å². The lowest BCUT2D eigenvalue weighted by atomic mass is 10.0. The average Bonchev–Trinajstić information content (AvgIpc) is 3.12. The van der Waals surface area contributed by atoms with Crippen LogP contribution in [0.15, 0.2) is 29.2 Å². The van der Waals surface area contributed by atoms with Crippen LogP contribution in [0.25, 0.3) is 0 Å². The molecule has 0 unspecified atom stereocenters. The van der Waals surface area contributed by atoms with E-state index in [-0.39, 0.29) is 5.54 Å². The summed E-state index contributed by atoms with van der Waals surface area (Å²) in [6, 6.07) is 6.77. The van der Waals surface area contributed by atoms with Gasteiger partial charge in [0.2, 0.25) is 10.0 Å². The lowest BCUT2D eigenvalue weighted by Gasteiger charge is -2.25. The van der Waals surface area contributed by atoms with Gasteiger partial charge in [-0.2, -0.15) is 0 Å². The molecular formula is C13H20N2O2S. The Morgan fingerprint density at radius 2 is 1.72 bits per heavy atom. The van der Waals surface area contributed by atoms with E-state index in [0.717, 1.165) is 18.5 Å². The zero-order valence-electron chi connectivity index (χ0n) is 11.0. The van der Waals surface area contributed by atoms with Crippen molar-refractivity contribution >= 4 is 15.7 Å². The predicted octanol–water partition coefficient (Wildman–Crippen LogP) is 2.20. The average molecular weight is 268 g/mol. The quantitative estimate of drug-likeness (QED) is 0.860. The third-order valence-corrected chi connectivity index (χ3v) is 5.14. The molecule has 0 spiro atoms. The van der Waals surface area contributed by atoms with E-state index in [0.29, 0.717) is 10.8 Å². The molecule has 1 aromatic carbocycles. The van der Waals surface area contributed by atoms with Gasteiger partial charge < -0.3 is 5.32 Å². The molecule has 0 saturated heterocycles. The number of benzene rings is 1. The molecular weight excluding hydrogens is 248 g/mol. The maximum absolute atomic E-state index is 12.2. The van der Waals surface area contributed by atoms with Crippen LogP contribution in [0.5, 0.6) is 0 Å². The lowest BCUT2D eigenvalue weighted by Crippen LogP contribution is -2.45. The summed E-state index contributed by atoms with van der Waals surface area (Å²) in [5.74, 6) is 0.462. The fraction of sp³-hybridized carbons (Fsp3) is 0.538. The fourth-order valence-corrected chi connectivity index (χ4v) is 3.57. The first-order chi connectivity index (χ1) is 8.35. The molecule has 1 aliphatic rings. The van der Waals surface area contributed by atoms with Crippen molar-refractivity contribution in [1.82, 2.24) is 4.72 Å². The molecule has 2 N–H and O–H groups in total. The van der Waals surface area contributed by atoms with Crippen LogP contribution in [0.4, 0.5) is 5.69 Å². The van der Waals surface area contributed by atoms with Gasteiger partial charge in [-0.15, -0.1) is 0 Å². The summed E-state index contributed by atoms with van der Waals surface area (Å²) in [5.41, 5.74) is 0.538. The lowest BCUT2D eigenvalue weighted by molar-refractivity contribution is 0.400. The molecule has 1 saturated carbocycles. The maximum Gasteiger partial charge on any atom is 0.241 e. The van der Waals surface area contributed by atoms with Crippen LogP contribution in [0.3, 0.4) is 0 Å². The molecule has 0 aliphatic heterocycles. The first-order valence-corrected chi connectivity index (χ1v) is 7.65. The van der Waals surface area contributed by atoms with E-state index in [1.54, 1.807) is 31.3 Å². The second-order valence-corrected chi connectivity index (χ2v) is 7.06. The molecule has 2 rings (SSSR count). The smallest absolute Gasteiger partial charge is 0.241 e. The van der Waals surface area contributed by atoms with Crippen molar-refractivity contribution in [1.29, 1.82) is 0 Å². The molecule has 0 atom stereocenters. The number of nitrogens with one attached hydrogen (secondary N) is 2. The van der Waals surface area contributed by atoms with E-state index in [2.05, 4.69) is 10.0 Å². The molecule has 1 aliphatic carbocycles. The van der Waals surface area contributed by atoms with Crippen LogP contribution in [0.2, 0.25) is 0 Å². The Morgan fingerprint density at radius 1 is 1.17 bits per heavy atom. The van der Waals surface area contributed by atoms with E-state index in [1.165, 1.54) is 0 Å². The number of rotatable bonds is 5. The van der Waals surface area contributed by atoms with Gasteiger partial charge in [0.15, 0.2) is 0 Å². The third-order valence-electron chi connectivity index (χ3n) is 3.45. The van der Waals surface area contributed by atoms with Gasteiger partial charge in [0.25, 0.3) is 0 Å². The third kappa shape index (κ3) is 2.84. The number of hydrogen-bond donors (Lipinski definition) is 2. The highest BCUT2D eigenvalue weighted by Crippen LogP contribution is 2.39. The Balaban J connectivity index is 2.19. The summed E-state index contributed by atoms with van der Waals surface area (Å²) in [5, 5.41) is 2.97. The Bertz CT molecular complexity index is 516. The van der Waals surface area contributed by atoms with Crippen LogP contribution in [0.1, 0.15) is 26.7 Å². The van der Waals surface area contributed by atoms with Gasteiger partial charge in [0.1, 0.15) is 0 Å². The van der Waals surface area contributed by atoms with E-state index >= 15 is 0 Å². The second kappa shape index (κ2) is 4.55. The molecule has 0 radical (unpaired) electrons. The van der Waals surface area contributed by atoms with Crippen LogP contribution in [-0.4, -0.2) is 21.0 Å². The SMILES string of the molecule is CNc1ccc(S(=O)(=O)NC(C)(C)C2CC2)cc1. The fourth-order valence-electron chi connectivity index (χ4n) is 2.09. The molecule has 1 aromatic rings. The van der Waals surface area contributed by atoms with E-state index < -0.39 is 10.0 Å². The Morgan fingerprint density at radius 3 is 2.17 bits per heavy atom. The molecule has 0 amide bonds. The molecule has 100 valence electrons. The molecule has 0 bridgehead atoms. The summed E-state index contributed by atoms with van der Waals surface area (Å²) in [7, 11) is -1.62. The van der Waals surface area contributed by atoms with Crippen molar-refractivity contribution in [3.63, 3.8) is 0 Å². The minimum absolute atomic E-state index is 0.315. The first kappa shape index (κ1) is 13.4. The highest BCUT2D eigenvalue weighted by molar-refractivity contribution is 7.89. The highest BCUT2D eigenvalue weighted by Gasteiger charge is 2.40. The minimum Gasteiger partial charge on any atom is -0.388 e. The molecule has 0 heterocycles. The largest absolute Gasteiger partial charge is 0.388 e. The van der Waals surface area contributed by atoms with Crippen LogP contribution in [-0.2, 0) is 10.0 Å². The monoisotopic (exact) mass is 268 g/mol. The molecule has 18 heavy (non-hydrogen) atoms. The zero-order valence-corrected chi connectivity index (χ0v) is 11.8. The summed E-state index contributed by atoms with van der Waals surface area (Å²) in [6.45, 7) is 3.90. The number of sulfonamides is 1. The summed E-state index contributed by atoms with van der Waals surface area (Å²) in [4.78, 5) is 0.315. The predicted molar refractivity (Wildman–Crippen MR) is 73.1 cm³/mol. The molecule has 1 fully saturated rings. The Hall–Kier alpha value is -1.07. The van der Waals surface area contributed by atoms with Crippen molar-refractivity contribution in [2.24, 2.45) is 5.92 Å². The summed E-state index contributed by atoms with van der Waals surface area (Å²) >= 11 is 0. The van der Waals surface area contributed by atoms with Crippen molar-refractivity contribution in [3.8, 4) is 0 Å². The summed E-state index contributed by atoms with van der Waals surface area (Å²) < 4.78 is 27.3. The first-order valence-electron chi connectivity index (χ1n) is 6.17. The summed E-state index contributed by atoms with van der Waals surface area (Å²) in [6.07, 6.45) is 2.21. The second-order valence-electron chi connectivity index (χ2n) is 5.38. The van der Waals surface area contributed by atoms with Crippen LogP contribution >= 0.6 is 0 Å². The molecule has 0 aromatic heterocycles. The van der Waals surface area contributed by atoms with Crippen molar-refractivity contribution in [2.45, 2.75) is 37.1 Å². The highest BCUT2D eigenvalue weighted by atomic mass is 32.2. The van der Waals surface area contributed by atoms with Gasteiger partial charge in [-0.05, 0) is 56.9 Å². The van der Waals surface area contributed by atoms with Gasteiger partial charge in [0.05, 0.1) is 4.90 Å². The Kier molecular flexibility index (Phi) is 3.38. The van der Waals surface area contributed by atoms with Crippen LogP contribution < -0.4 is 10.0 Å². The van der Waals surface area contributed by atoms with E-state index in [1.807, 2.05) is 13.8 Å². The maximum atomic E-state index is 12.2. The number of hydrogen-bond acceptors (Lipinski definition) is 3. The van der Waals surface area contributed by atoms with Gasteiger partial charge in [-0.3, -0.25) is 0 Å². The molecule has 4 nitrogen and oxygen atoms in total. The Labute approximate surface area is 109 Å². The van der Waals surface area contributed by atoms with E-state index in [9.17, 15) is 8.42 Å². The van der Waals surface area contributed by atoms with Crippen molar-refractivity contribution in [2.75, 3.05) is 12.4 Å². The van der Waals surface area contributed by atoms with Gasteiger partial charge in [0, 0.05) is 18.3 Å². The standard InChI is InChI=1S/C13H20N2O2S/c1-13(2,10-4-5-10)15-18(16,17)12-8-6-11(14-3)7-9-12/h6-10,14-15H,4-5H2,1-3H3.